The maximum atomic E-state index is 11.9. The lowest BCUT2D eigenvalue weighted by Crippen LogP contribution is -2.27. The van der Waals surface area contributed by atoms with Gasteiger partial charge in [0.15, 0.2) is 0 Å². The average molecular weight is 659 g/mol. The van der Waals surface area contributed by atoms with Crippen LogP contribution < -0.4 is 10.8 Å². The van der Waals surface area contributed by atoms with E-state index in [0.29, 0.717) is 26.1 Å². The van der Waals surface area contributed by atoms with Crippen molar-refractivity contribution in [3.8, 4) is 0 Å². The first-order valence-corrected chi connectivity index (χ1v) is 18.2. The number of hydroxylamine groups is 1. The van der Waals surface area contributed by atoms with Crippen LogP contribution in [-0.2, 0) is 33.5 Å². The van der Waals surface area contributed by atoms with E-state index in [-0.39, 0.29) is 31.8 Å². The Kier molecular flexibility index (Phi) is 27.9. The minimum absolute atomic E-state index is 0.0302. The molecule has 2 N–H and O–H groups in total. The molecule has 1 aromatic rings. The van der Waals surface area contributed by atoms with E-state index in [9.17, 15) is 19.2 Å². The molecule has 0 heterocycles. The molecule has 0 atom stereocenters. The smallest absolute Gasteiger partial charge is 0.332 e. The highest BCUT2D eigenvalue weighted by atomic mass is 16.7. The zero-order chi connectivity index (χ0) is 34.0. The van der Waals surface area contributed by atoms with Crippen LogP contribution in [0.15, 0.2) is 42.5 Å². The Balaban J connectivity index is 1.83. The Morgan fingerprint density at radius 1 is 0.574 bits per heavy atom. The molecule has 0 fully saturated rings. The molecule has 9 nitrogen and oxygen atoms in total. The highest BCUT2D eigenvalue weighted by molar-refractivity contribution is 5.90. The van der Waals surface area contributed by atoms with Gasteiger partial charge in [-0.1, -0.05) is 108 Å². The van der Waals surface area contributed by atoms with E-state index in [1.165, 1.54) is 77.0 Å². The summed E-state index contributed by atoms with van der Waals surface area (Å²) in [6, 6.07) is 9.30. The topological polar surface area (TPSA) is 120 Å². The molecule has 9 heteroatoms. The lowest BCUT2D eigenvalue weighted by Gasteiger charge is -2.07. The molecule has 266 valence electrons. The number of benzene rings is 1. The van der Waals surface area contributed by atoms with Gasteiger partial charge in [-0.25, -0.2) is 4.79 Å². The van der Waals surface area contributed by atoms with Gasteiger partial charge in [0.1, 0.15) is 6.61 Å². The lowest BCUT2D eigenvalue weighted by atomic mass is 10.1. The van der Waals surface area contributed by atoms with Crippen molar-refractivity contribution < 1.29 is 33.5 Å². The van der Waals surface area contributed by atoms with Crippen LogP contribution in [0.3, 0.4) is 0 Å². The third kappa shape index (κ3) is 28.7. The van der Waals surface area contributed by atoms with Crippen LogP contribution >= 0.6 is 0 Å². The molecule has 0 bridgehead atoms. The van der Waals surface area contributed by atoms with Crippen molar-refractivity contribution in [3.05, 3.63) is 42.5 Å². The largest absolute Gasteiger partial charge is 0.463 e. The first-order valence-electron chi connectivity index (χ1n) is 18.2. The standard InChI is InChI=1S/C38H62N2O7/c1-2-3-4-5-6-7-8-9-10-11-12-13-14-15-18-24-31-45-32-33-46-37(43)29-30-38(44)47-40-36(42)28-23-17-16-22-27-35(41)39-34-25-20-19-21-26-34/h9-10,19-21,25-26H,2-8,11-18,22-24,27-33H2,1H3,(H,39,41)(H,40,42)/b10-9-. The van der Waals surface area contributed by atoms with E-state index in [1.54, 1.807) is 0 Å². The van der Waals surface area contributed by atoms with E-state index < -0.39 is 17.8 Å². The van der Waals surface area contributed by atoms with Crippen LogP contribution in [0.4, 0.5) is 5.69 Å². The number of anilines is 1. The lowest BCUT2D eigenvalue weighted by molar-refractivity contribution is -0.160. The molecule has 0 spiro atoms. The van der Waals surface area contributed by atoms with Crippen LogP contribution in [0.1, 0.15) is 148 Å². The van der Waals surface area contributed by atoms with Crippen molar-refractivity contribution in [2.24, 2.45) is 0 Å². The Hall–Kier alpha value is -3.20. The number of nitrogens with one attached hydrogen (secondary N) is 2. The van der Waals surface area contributed by atoms with Crippen LogP contribution in [0, 0.1) is 0 Å². The second-order valence-electron chi connectivity index (χ2n) is 12.1. The number of allylic oxidation sites excluding steroid dienone is 2. The number of carbonyl (C=O) groups excluding carboxylic acids is 4. The predicted octanol–water partition coefficient (Wildman–Crippen LogP) is 8.92. The third-order valence-electron chi connectivity index (χ3n) is 7.72. The molecular weight excluding hydrogens is 596 g/mol. The minimum Gasteiger partial charge on any atom is -0.463 e. The van der Waals surface area contributed by atoms with E-state index in [0.717, 1.165) is 37.8 Å². The summed E-state index contributed by atoms with van der Waals surface area (Å²) in [6.07, 6.45) is 25.7. The van der Waals surface area contributed by atoms with Crippen molar-refractivity contribution in [1.82, 2.24) is 5.48 Å². The Morgan fingerprint density at radius 3 is 1.79 bits per heavy atom. The van der Waals surface area contributed by atoms with Crippen molar-refractivity contribution in [3.63, 3.8) is 0 Å². The zero-order valence-corrected chi connectivity index (χ0v) is 29.1. The predicted molar refractivity (Wildman–Crippen MR) is 187 cm³/mol. The summed E-state index contributed by atoms with van der Waals surface area (Å²) in [7, 11) is 0. The molecule has 0 unspecified atom stereocenters. The normalized spacial score (nSPS) is 11.0. The third-order valence-corrected chi connectivity index (χ3v) is 7.72. The number of esters is 1. The van der Waals surface area contributed by atoms with Gasteiger partial charge >= 0.3 is 11.9 Å². The molecule has 1 rings (SSSR count). The number of para-hydroxylation sites is 1. The Morgan fingerprint density at radius 2 is 1.13 bits per heavy atom. The van der Waals surface area contributed by atoms with Gasteiger partial charge < -0.3 is 19.6 Å². The van der Waals surface area contributed by atoms with Crippen molar-refractivity contribution in [1.29, 1.82) is 0 Å². The summed E-state index contributed by atoms with van der Waals surface area (Å²) in [6.45, 7) is 3.39. The molecule has 47 heavy (non-hydrogen) atoms. The van der Waals surface area contributed by atoms with Gasteiger partial charge in [-0.05, 0) is 57.1 Å². The number of carbonyl (C=O) groups is 4. The van der Waals surface area contributed by atoms with Gasteiger partial charge in [-0.3, -0.25) is 14.4 Å². The molecular formula is C38H62N2O7. The molecule has 0 aromatic heterocycles. The summed E-state index contributed by atoms with van der Waals surface area (Å²) >= 11 is 0. The zero-order valence-electron chi connectivity index (χ0n) is 29.1. The number of hydrogen-bond donors (Lipinski definition) is 2. The Labute approximate surface area is 283 Å². The molecule has 0 radical (unpaired) electrons. The maximum Gasteiger partial charge on any atom is 0.332 e. The molecule has 0 aliphatic heterocycles. The monoisotopic (exact) mass is 658 g/mol. The number of hydrogen-bond acceptors (Lipinski definition) is 7. The molecule has 0 aliphatic rings. The first-order chi connectivity index (χ1) is 23.0. The summed E-state index contributed by atoms with van der Waals surface area (Å²) in [4.78, 5) is 52.2. The fraction of sp³-hybridized carbons (Fsp3) is 0.684. The van der Waals surface area contributed by atoms with Crippen LogP contribution in [0.5, 0.6) is 0 Å². The van der Waals surface area contributed by atoms with Crippen LogP contribution in [0.2, 0.25) is 0 Å². The van der Waals surface area contributed by atoms with Crippen LogP contribution in [0.25, 0.3) is 0 Å². The number of amides is 2. The van der Waals surface area contributed by atoms with Gasteiger partial charge in [0.05, 0.1) is 19.4 Å². The molecule has 1 aromatic carbocycles. The van der Waals surface area contributed by atoms with Gasteiger partial charge in [-0.2, -0.15) is 5.48 Å². The molecule has 0 saturated heterocycles. The van der Waals surface area contributed by atoms with Gasteiger partial charge in [-0.15, -0.1) is 0 Å². The first kappa shape index (κ1) is 41.8. The number of unbranched alkanes of at least 4 members (excludes halogenated alkanes) is 15. The average Bonchev–Trinajstić information content (AvgIpc) is 3.07. The Bertz CT molecular complexity index is 968. The maximum absolute atomic E-state index is 11.9. The van der Waals surface area contributed by atoms with Crippen molar-refractivity contribution in [2.45, 2.75) is 148 Å². The molecule has 0 saturated carbocycles. The van der Waals surface area contributed by atoms with Gasteiger partial charge in [0.25, 0.3) is 5.91 Å². The SMILES string of the molecule is CCCCCCCC/C=C\CCCCCCCCOCCOC(=O)CCC(=O)ONC(=O)CCCCCCC(=O)Nc1ccccc1. The fourth-order valence-corrected chi connectivity index (χ4v) is 4.93. The number of ether oxygens (including phenoxy) is 2. The highest BCUT2D eigenvalue weighted by Gasteiger charge is 2.11. The summed E-state index contributed by atoms with van der Waals surface area (Å²) in [5.74, 6) is -1.64. The highest BCUT2D eigenvalue weighted by Crippen LogP contribution is 2.11. The molecule has 0 aliphatic carbocycles. The van der Waals surface area contributed by atoms with Crippen LogP contribution in [-0.4, -0.2) is 43.6 Å². The van der Waals surface area contributed by atoms with E-state index in [4.69, 9.17) is 14.3 Å². The summed E-state index contributed by atoms with van der Waals surface area (Å²) < 4.78 is 10.6. The van der Waals surface area contributed by atoms with Crippen molar-refractivity contribution >= 4 is 29.4 Å². The quantitative estimate of drug-likeness (QED) is 0.0366. The summed E-state index contributed by atoms with van der Waals surface area (Å²) in [5, 5.41) is 2.84. The van der Waals surface area contributed by atoms with Gasteiger partial charge in [0, 0.05) is 25.1 Å². The van der Waals surface area contributed by atoms with E-state index in [1.807, 2.05) is 30.3 Å². The van der Waals surface area contributed by atoms with Crippen molar-refractivity contribution in [2.75, 3.05) is 25.1 Å². The van der Waals surface area contributed by atoms with Gasteiger partial charge in [0.2, 0.25) is 5.91 Å². The molecule has 2 amide bonds. The summed E-state index contributed by atoms with van der Waals surface area (Å²) in [5.41, 5.74) is 2.90. The second kappa shape index (κ2) is 31.4. The van der Waals surface area contributed by atoms with E-state index in [2.05, 4.69) is 29.9 Å². The van der Waals surface area contributed by atoms with E-state index >= 15 is 0 Å². The fourth-order valence-electron chi connectivity index (χ4n) is 4.93. The minimum atomic E-state index is -0.698. The number of rotatable bonds is 30. The second-order valence-corrected chi connectivity index (χ2v) is 12.1.